The number of rotatable bonds is 2. The van der Waals surface area contributed by atoms with Gasteiger partial charge in [-0.05, 0) is 111 Å². The third-order valence-corrected chi connectivity index (χ3v) is 11.8. The van der Waals surface area contributed by atoms with Crippen molar-refractivity contribution in [3.63, 3.8) is 0 Å². The minimum atomic E-state index is -0.828. The van der Waals surface area contributed by atoms with Crippen LogP contribution in [0.4, 0.5) is 0 Å². The number of aryl methyl sites for hydroxylation is 4. The zero-order chi connectivity index (χ0) is 35.6. The van der Waals surface area contributed by atoms with Crippen LogP contribution in [0.2, 0.25) is 10.0 Å². The minimum Gasteiger partial charge on any atom is -0.873 e. The molecule has 13 heteroatoms. The van der Waals surface area contributed by atoms with E-state index in [9.17, 15) is 19.8 Å². The Balaban J connectivity index is 0.000000172. The monoisotopic (exact) mass is 748 g/mol. The average Bonchev–Trinajstić information content (AvgIpc) is 3.81. The molecule has 0 radical (unpaired) electrons. The fourth-order valence-electron chi connectivity index (χ4n) is 8.81. The molecule has 0 unspecified atom stereocenters. The van der Waals surface area contributed by atoms with E-state index in [0.717, 1.165) is 22.3 Å². The predicted octanol–water partition coefficient (Wildman–Crippen LogP) is 4.05. The van der Waals surface area contributed by atoms with Crippen molar-refractivity contribution in [1.82, 2.24) is 10.6 Å². The molecule has 2 saturated heterocycles. The van der Waals surface area contributed by atoms with Gasteiger partial charge in [-0.1, -0.05) is 34.7 Å². The first-order chi connectivity index (χ1) is 23.7. The van der Waals surface area contributed by atoms with E-state index in [1.54, 1.807) is 24.3 Å². The van der Waals surface area contributed by atoms with Crippen molar-refractivity contribution in [2.24, 2.45) is 0 Å². The number of carbonyl (C=O) groups is 2. The predicted molar refractivity (Wildman–Crippen MR) is 189 cm³/mol. The number of benzene rings is 2. The molecule has 2 aromatic carbocycles. The summed E-state index contributed by atoms with van der Waals surface area (Å²) in [5.41, 5.74) is 3.65. The summed E-state index contributed by atoms with van der Waals surface area (Å²) in [7, 11) is 0. The van der Waals surface area contributed by atoms with Gasteiger partial charge in [0.05, 0.1) is 37.5 Å². The summed E-state index contributed by atoms with van der Waals surface area (Å²) in [6, 6.07) is 7.16. The first kappa shape index (κ1) is 38.4. The molecule has 0 aromatic heterocycles. The van der Waals surface area contributed by atoms with E-state index in [1.165, 1.54) is 0 Å². The van der Waals surface area contributed by atoms with E-state index in [1.807, 2.05) is 27.7 Å². The molecule has 4 heterocycles. The van der Waals surface area contributed by atoms with Crippen LogP contribution in [0, 0.1) is 27.7 Å². The van der Waals surface area contributed by atoms with Crippen LogP contribution in [0.1, 0.15) is 84.7 Å². The molecule has 2 N–H and O–H groups in total. The maximum Gasteiger partial charge on any atom is 2.00 e. The number of hydrogen-bond acceptors (Lipinski definition) is 8. The second-order valence-electron chi connectivity index (χ2n) is 14.5. The Morgan fingerprint density at radius 3 is 1.10 bits per heavy atom. The first-order valence-electron chi connectivity index (χ1n) is 17.3. The molecule has 2 aromatic rings. The molecule has 2 amide bonds. The molecule has 51 heavy (non-hydrogen) atoms. The number of amides is 2. The Kier molecular flexibility index (Phi) is 10.6. The van der Waals surface area contributed by atoms with E-state index < -0.39 is 22.7 Å². The van der Waals surface area contributed by atoms with Crippen LogP contribution in [0.3, 0.4) is 0 Å². The van der Waals surface area contributed by atoms with Crippen molar-refractivity contribution < 1.29 is 38.7 Å². The van der Waals surface area contributed by atoms with Gasteiger partial charge in [0.15, 0.2) is 11.6 Å². The topological polar surface area (TPSA) is 141 Å². The van der Waals surface area contributed by atoms with Crippen molar-refractivity contribution in [2.45, 2.75) is 102 Å². The van der Waals surface area contributed by atoms with Crippen LogP contribution in [0.25, 0.3) is 11.1 Å². The molecule has 8 rings (SSSR count). The molecule has 4 aliphatic heterocycles. The second kappa shape index (κ2) is 14.1. The molecule has 4 fully saturated rings. The van der Waals surface area contributed by atoms with Crippen LogP contribution in [-0.4, -0.2) is 83.9 Å². The quantitative estimate of drug-likeness (QED) is 0.439. The Labute approximate surface area is 324 Å². The molecule has 0 atom stereocenters. The van der Waals surface area contributed by atoms with E-state index >= 15 is 0 Å². The molecule has 2 aliphatic carbocycles. The fraction of sp³-hybridized carbons (Fsp3) is 0.526. The SMILES string of the molecule is Cc1cc(Cl)cc(C)c1C1=C([O-])C2(CCC3(CC2)OCCO3)NC1=O.Cc1cc(Cl)cc(C)c1C1=C([O-])C2(CCC3(CC2)OCCO3)NC1=O.[Mg+2]. The van der Waals surface area contributed by atoms with Crippen LogP contribution in [0.5, 0.6) is 0 Å². The van der Waals surface area contributed by atoms with Gasteiger partial charge >= 0.3 is 23.1 Å². The number of carbonyl (C=O) groups excluding carboxylic acids is 2. The molecule has 268 valence electrons. The van der Waals surface area contributed by atoms with Gasteiger partial charge in [-0.2, -0.15) is 0 Å². The summed E-state index contributed by atoms with van der Waals surface area (Å²) < 4.78 is 23.0. The van der Waals surface area contributed by atoms with Gasteiger partial charge in [-0.3, -0.25) is 9.59 Å². The molecular formula is C38H42Cl2MgN2O8. The van der Waals surface area contributed by atoms with E-state index in [2.05, 4.69) is 10.6 Å². The van der Waals surface area contributed by atoms with Gasteiger partial charge < -0.3 is 39.8 Å². The molecule has 4 spiro atoms. The zero-order valence-electron chi connectivity index (χ0n) is 29.5. The van der Waals surface area contributed by atoms with Gasteiger partial charge in [0.2, 0.25) is 0 Å². The van der Waals surface area contributed by atoms with Gasteiger partial charge in [0.1, 0.15) is 0 Å². The summed E-state index contributed by atoms with van der Waals surface area (Å²) in [5.74, 6) is -1.93. The minimum absolute atomic E-state index is 0. The Morgan fingerprint density at radius 1 is 0.549 bits per heavy atom. The normalized spacial score (nSPS) is 23.9. The summed E-state index contributed by atoms with van der Waals surface area (Å²) >= 11 is 12.2. The second-order valence-corrected chi connectivity index (χ2v) is 15.4. The van der Waals surface area contributed by atoms with Crippen molar-refractivity contribution in [3.05, 3.63) is 79.2 Å². The third kappa shape index (κ3) is 6.71. The summed E-state index contributed by atoms with van der Waals surface area (Å²) in [6.45, 7) is 9.88. The van der Waals surface area contributed by atoms with Crippen LogP contribution in [-0.2, 0) is 28.5 Å². The van der Waals surface area contributed by atoms with Gasteiger partial charge in [0, 0.05) is 46.9 Å². The molecule has 6 aliphatic rings. The van der Waals surface area contributed by atoms with E-state index in [0.29, 0.717) is 99.0 Å². The maximum atomic E-state index is 13.3. The number of halogens is 2. The number of ether oxygens (including phenoxy) is 4. The largest absolute Gasteiger partial charge is 2.00 e. The summed E-state index contributed by atoms with van der Waals surface area (Å²) in [4.78, 5) is 25.4. The van der Waals surface area contributed by atoms with Crippen LogP contribution < -0.4 is 20.8 Å². The number of nitrogens with one attached hydrogen (secondary N) is 2. The van der Waals surface area contributed by atoms with Crippen LogP contribution in [0.15, 0.2) is 35.8 Å². The standard InChI is InChI=1S/2C19H22ClNO4.Mg/c2*1-11-9-13(20)10-12(2)14(11)15-16(22)18(21-17(15)23)3-5-19(6-4-18)24-7-8-25-19;/h2*9-10,22H,3-8H2,1-2H3,(H,21,23);/q;;+2/p-2. The molecular weight excluding hydrogens is 708 g/mol. The molecule has 0 bridgehead atoms. The van der Waals surface area contributed by atoms with Crippen molar-refractivity contribution >= 4 is 69.2 Å². The smallest absolute Gasteiger partial charge is 0.873 e. The van der Waals surface area contributed by atoms with E-state index in [4.69, 9.17) is 42.1 Å². The van der Waals surface area contributed by atoms with Gasteiger partial charge in [0.25, 0.3) is 11.8 Å². The summed E-state index contributed by atoms with van der Waals surface area (Å²) in [5, 5.41) is 33.7. The zero-order valence-corrected chi connectivity index (χ0v) is 32.4. The molecule has 2 saturated carbocycles. The van der Waals surface area contributed by atoms with Crippen molar-refractivity contribution in [3.8, 4) is 0 Å². The van der Waals surface area contributed by atoms with E-state index in [-0.39, 0.29) is 57.5 Å². The average molecular weight is 750 g/mol. The summed E-state index contributed by atoms with van der Waals surface area (Å²) in [6.07, 6.45) is 4.60. The van der Waals surface area contributed by atoms with Gasteiger partial charge in [-0.25, -0.2) is 0 Å². The fourth-order valence-corrected chi connectivity index (χ4v) is 9.47. The van der Waals surface area contributed by atoms with Crippen molar-refractivity contribution in [2.75, 3.05) is 26.4 Å². The Morgan fingerprint density at radius 2 is 0.824 bits per heavy atom. The Bertz CT molecular complexity index is 1630. The maximum absolute atomic E-state index is 13.3. The van der Waals surface area contributed by atoms with Crippen molar-refractivity contribution in [1.29, 1.82) is 0 Å². The molecule has 10 nitrogen and oxygen atoms in total. The van der Waals surface area contributed by atoms with Gasteiger partial charge in [-0.15, -0.1) is 0 Å². The first-order valence-corrected chi connectivity index (χ1v) is 18.1. The van der Waals surface area contributed by atoms with Crippen LogP contribution >= 0.6 is 23.2 Å². The number of hydrogen-bond donors (Lipinski definition) is 2. The third-order valence-electron chi connectivity index (χ3n) is 11.3. The Hall–Kier alpha value is -2.35.